The molecule has 3 nitrogen and oxygen atoms in total. The molecule has 1 aromatic heterocycles. The summed E-state index contributed by atoms with van der Waals surface area (Å²) in [4.78, 5) is 13.3. The second kappa shape index (κ2) is 6.08. The largest absolute Gasteiger partial charge is 0.399 e. The maximum absolute atomic E-state index is 12.1. The molecular formula is C14H15ClN2OS. The average molecular weight is 295 g/mol. The lowest BCUT2D eigenvalue weighted by Crippen LogP contribution is -2.34. The number of hydrogen-bond donors (Lipinski definition) is 2. The summed E-state index contributed by atoms with van der Waals surface area (Å²) in [5.74, 6) is -0.172. The molecule has 0 aliphatic heterocycles. The molecule has 0 spiro atoms. The Morgan fingerprint density at radius 2 is 2.26 bits per heavy atom. The summed E-state index contributed by atoms with van der Waals surface area (Å²) >= 11 is 7.70. The van der Waals surface area contributed by atoms with Gasteiger partial charge in [0.2, 0.25) is 0 Å². The summed E-state index contributed by atoms with van der Waals surface area (Å²) in [6.45, 7) is 1.98. The SMILES string of the molecule is CC(Cc1cccs1)NC(=O)c1ccc(N)cc1Cl. The molecule has 0 bridgehead atoms. The predicted octanol–water partition coefficient (Wildman–Crippen LogP) is 3.34. The highest BCUT2D eigenvalue weighted by Crippen LogP contribution is 2.19. The number of benzene rings is 1. The Hall–Kier alpha value is -1.52. The first-order valence-corrected chi connectivity index (χ1v) is 7.20. The molecule has 0 fully saturated rings. The second-order valence-electron chi connectivity index (χ2n) is 4.40. The van der Waals surface area contributed by atoms with Crippen molar-refractivity contribution in [3.63, 3.8) is 0 Å². The van der Waals surface area contributed by atoms with E-state index in [1.54, 1.807) is 29.5 Å². The highest BCUT2D eigenvalue weighted by molar-refractivity contribution is 7.09. The molecule has 19 heavy (non-hydrogen) atoms. The molecule has 0 aliphatic rings. The molecule has 2 rings (SSSR count). The van der Waals surface area contributed by atoms with Gasteiger partial charge in [0.25, 0.3) is 5.91 Å². The average Bonchev–Trinajstić information content (AvgIpc) is 2.81. The first kappa shape index (κ1) is 13.9. The Morgan fingerprint density at radius 3 is 2.89 bits per heavy atom. The monoisotopic (exact) mass is 294 g/mol. The fourth-order valence-electron chi connectivity index (χ4n) is 1.80. The number of rotatable bonds is 4. The van der Waals surface area contributed by atoms with Crippen molar-refractivity contribution in [1.82, 2.24) is 5.32 Å². The number of amides is 1. The summed E-state index contributed by atoms with van der Waals surface area (Å²) in [7, 11) is 0. The van der Waals surface area contributed by atoms with Crippen LogP contribution in [0.25, 0.3) is 0 Å². The minimum atomic E-state index is -0.172. The third-order valence-electron chi connectivity index (χ3n) is 2.70. The van der Waals surface area contributed by atoms with Crippen molar-refractivity contribution >= 4 is 34.5 Å². The Balaban J connectivity index is 2.00. The van der Waals surface area contributed by atoms with Crippen LogP contribution in [0.3, 0.4) is 0 Å². The van der Waals surface area contributed by atoms with Crippen LogP contribution in [0.2, 0.25) is 5.02 Å². The molecule has 2 aromatic rings. The number of nitrogens with one attached hydrogen (secondary N) is 1. The molecule has 5 heteroatoms. The number of anilines is 1. The molecule has 1 atom stereocenters. The normalized spacial score (nSPS) is 12.1. The molecule has 3 N–H and O–H groups in total. The van der Waals surface area contributed by atoms with Crippen molar-refractivity contribution in [3.05, 3.63) is 51.2 Å². The molecule has 0 radical (unpaired) electrons. The van der Waals surface area contributed by atoms with E-state index in [9.17, 15) is 4.79 Å². The Morgan fingerprint density at radius 1 is 1.47 bits per heavy atom. The number of halogens is 1. The van der Waals surface area contributed by atoms with E-state index in [-0.39, 0.29) is 11.9 Å². The van der Waals surface area contributed by atoms with Crippen LogP contribution in [0.1, 0.15) is 22.2 Å². The number of carbonyl (C=O) groups is 1. The molecule has 1 heterocycles. The van der Waals surface area contributed by atoms with Crippen LogP contribution in [0.15, 0.2) is 35.7 Å². The maximum Gasteiger partial charge on any atom is 0.253 e. The van der Waals surface area contributed by atoms with Gasteiger partial charge in [0, 0.05) is 23.0 Å². The predicted molar refractivity (Wildman–Crippen MR) is 80.8 cm³/mol. The van der Waals surface area contributed by atoms with E-state index in [1.807, 2.05) is 18.4 Å². The van der Waals surface area contributed by atoms with Gasteiger partial charge < -0.3 is 11.1 Å². The number of thiophene rings is 1. The van der Waals surface area contributed by atoms with Crippen LogP contribution < -0.4 is 11.1 Å². The van der Waals surface area contributed by atoms with Crippen molar-refractivity contribution in [2.45, 2.75) is 19.4 Å². The van der Waals surface area contributed by atoms with Gasteiger partial charge >= 0.3 is 0 Å². The first-order valence-electron chi connectivity index (χ1n) is 5.94. The van der Waals surface area contributed by atoms with E-state index >= 15 is 0 Å². The van der Waals surface area contributed by atoms with Crippen LogP contribution in [0.5, 0.6) is 0 Å². The van der Waals surface area contributed by atoms with Crippen molar-refractivity contribution in [3.8, 4) is 0 Å². The van der Waals surface area contributed by atoms with Gasteiger partial charge in [0.05, 0.1) is 10.6 Å². The summed E-state index contributed by atoms with van der Waals surface area (Å²) < 4.78 is 0. The standard InChI is InChI=1S/C14H15ClN2OS/c1-9(7-11-3-2-6-19-11)17-14(18)12-5-4-10(16)8-13(12)15/h2-6,8-9H,7,16H2,1H3,(H,17,18). The Bertz CT molecular complexity index is 569. The minimum Gasteiger partial charge on any atom is -0.399 e. The molecule has 100 valence electrons. The van der Waals surface area contributed by atoms with E-state index in [1.165, 1.54) is 4.88 Å². The van der Waals surface area contributed by atoms with Gasteiger partial charge in [-0.25, -0.2) is 0 Å². The van der Waals surface area contributed by atoms with E-state index in [2.05, 4.69) is 11.4 Å². The van der Waals surface area contributed by atoms with E-state index < -0.39 is 0 Å². The molecular weight excluding hydrogens is 280 g/mol. The van der Waals surface area contributed by atoms with E-state index in [0.29, 0.717) is 16.3 Å². The third kappa shape index (κ3) is 3.72. The fourth-order valence-corrected chi connectivity index (χ4v) is 2.91. The van der Waals surface area contributed by atoms with Gasteiger partial charge in [-0.3, -0.25) is 4.79 Å². The van der Waals surface area contributed by atoms with Gasteiger partial charge in [0.15, 0.2) is 0 Å². The Kier molecular flexibility index (Phi) is 4.45. The Labute approximate surface area is 121 Å². The summed E-state index contributed by atoms with van der Waals surface area (Å²) in [5.41, 5.74) is 6.61. The molecule has 1 unspecified atom stereocenters. The zero-order chi connectivity index (χ0) is 13.8. The molecule has 0 saturated carbocycles. The van der Waals surface area contributed by atoms with Crippen molar-refractivity contribution in [2.75, 3.05) is 5.73 Å². The zero-order valence-corrected chi connectivity index (χ0v) is 12.1. The van der Waals surface area contributed by atoms with Crippen LogP contribution in [0, 0.1) is 0 Å². The lowest BCUT2D eigenvalue weighted by atomic mass is 10.1. The number of carbonyl (C=O) groups excluding carboxylic acids is 1. The number of nitrogen functional groups attached to an aromatic ring is 1. The summed E-state index contributed by atoms with van der Waals surface area (Å²) in [6.07, 6.45) is 0.815. The van der Waals surface area contributed by atoms with E-state index in [0.717, 1.165) is 6.42 Å². The smallest absolute Gasteiger partial charge is 0.253 e. The first-order chi connectivity index (χ1) is 9.06. The fraction of sp³-hybridized carbons (Fsp3) is 0.214. The quantitative estimate of drug-likeness (QED) is 0.850. The van der Waals surface area contributed by atoms with Crippen LogP contribution in [0.4, 0.5) is 5.69 Å². The summed E-state index contributed by atoms with van der Waals surface area (Å²) in [6, 6.07) is 9.02. The van der Waals surface area contributed by atoms with Crippen LogP contribution in [-0.4, -0.2) is 11.9 Å². The molecule has 0 aliphatic carbocycles. The van der Waals surface area contributed by atoms with Gasteiger partial charge in [-0.1, -0.05) is 17.7 Å². The van der Waals surface area contributed by atoms with Crippen molar-refractivity contribution in [2.24, 2.45) is 0 Å². The van der Waals surface area contributed by atoms with Crippen LogP contribution >= 0.6 is 22.9 Å². The van der Waals surface area contributed by atoms with Crippen molar-refractivity contribution in [1.29, 1.82) is 0 Å². The van der Waals surface area contributed by atoms with Crippen molar-refractivity contribution < 1.29 is 4.79 Å². The topological polar surface area (TPSA) is 55.1 Å². The van der Waals surface area contributed by atoms with Crippen LogP contribution in [-0.2, 0) is 6.42 Å². The number of hydrogen-bond acceptors (Lipinski definition) is 3. The van der Waals surface area contributed by atoms with Gasteiger partial charge in [-0.15, -0.1) is 11.3 Å². The lowest BCUT2D eigenvalue weighted by molar-refractivity contribution is 0.0940. The lowest BCUT2D eigenvalue weighted by Gasteiger charge is -2.13. The highest BCUT2D eigenvalue weighted by Gasteiger charge is 2.13. The second-order valence-corrected chi connectivity index (χ2v) is 5.84. The number of nitrogens with two attached hydrogens (primary N) is 1. The van der Waals surface area contributed by atoms with Gasteiger partial charge in [-0.2, -0.15) is 0 Å². The zero-order valence-electron chi connectivity index (χ0n) is 10.5. The van der Waals surface area contributed by atoms with Gasteiger partial charge in [-0.05, 0) is 36.6 Å². The van der Waals surface area contributed by atoms with E-state index in [4.69, 9.17) is 17.3 Å². The van der Waals surface area contributed by atoms with Gasteiger partial charge in [0.1, 0.15) is 0 Å². The maximum atomic E-state index is 12.1. The summed E-state index contributed by atoms with van der Waals surface area (Å²) in [5, 5.41) is 5.34. The molecule has 1 aromatic carbocycles. The molecule has 0 saturated heterocycles. The highest BCUT2D eigenvalue weighted by atomic mass is 35.5. The third-order valence-corrected chi connectivity index (χ3v) is 3.91. The molecule has 1 amide bonds. The minimum absolute atomic E-state index is 0.0553.